The van der Waals surface area contributed by atoms with Crippen LogP contribution in [0.5, 0.6) is 0 Å². The summed E-state index contributed by atoms with van der Waals surface area (Å²) in [7, 11) is 0. The molecule has 3 nitrogen and oxygen atoms in total. The third-order valence-corrected chi connectivity index (χ3v) is 4.53. The van der Waals surface area contributed by atoms with E-state index in [1.165, 1.54) is 23.9 Å². The van der Waals surface area contributed by atoms with Crippen molar-refractivity contribution in [2.24, 2.45) is 0 Å². The Morgan fingerprint density at radius 2 is 1.73 bits per heavy atom. The second-order valence-electron chi connectivity index (χ2n) is 5.61. The molecular weight excluding hydrogens is 361 g/mol. The molecule has 3 rings (SSSR count). The van der Waals surface area contributed by atoms with Gasteiger partial charge in [-0.2, -0.15) is 13.2 Å². The van der Waals surface area contributed by atoms with E-state index in [1.54, 1.807) is 10.8 Å². The lowest BCUT2D eigenvalue weighted by molar-refractivity contribution is -0.137. The lowest BCUT2D eigenvalue weighted by atomic mass is 10.1. The van der Waals surface area contributed by atoms with Crippen LogP contribution in [0, 0.1) is 0 Å². The van der Waals surface area contributed by atoms with Gasteiger partial charge in [-0.25, -0.2) is 4.98 Å². The van der Waals surface area contributed by atoms with Crippen LogP contribution in [0.15, 0.2) is 66.0 Å². The minimum absolute atomic E-state index is 0.0152. The van der Waals surface area contributed by atoms with Gasteiger partial charge in [0, 0.05) is 17.3 Å². The fourth-order valence-electron chi connectivity index (χ4n) is 2.51. The van der Waals surface area contributed by atoms with Gasteiger partial charge in [0.15, 0.2) is 10.9 Å². The second kappa shape index (κ2) is 7.37. The molecule has 2 aromatic carbocycles. The molecule has 0 spiro atoms. The van der Waals surface area contributed by atoms with Crippen molar-refractivity contribution in [3.05, 3.63) is 71.9 Å². The maximum Gasteiger partial charge on any atom is 0.416 e. The molecule has 0 aliphatic rings. The summed E-state index contributed by atoms with van der Waals surface area (Å²) in [5.41, 5.74) is 1.14. The highest BCUT2D eigenvalue weighted by molar-refractivity contribution is 7.98. The van der Waals surface area contributed by atoms with E-state index in [1.807, 2.05) is 36.6 Å². The molecule has 1 aromatic heterocycles. The van der Waals surface area contributed by atoms with Crippen LogP contribution < -0.4 is 0 Å². The SMILES string of the molecule is CSc1nc(-c2ccccc2)cn1CC(=O)c1ccc(C(F)(F)F)cc1. The molecule has 26 heavy (non-hydrogen) atoms. The van der Waals surface area contributed by atoms with Crippen LogP contribution in [0.2, 0.25) is 0 Å². The van der Waals surface area contributed by atoms with Crippen molar-refractivity contribution < 1.29 is 18.0 Å². The Morgan fingerprint density at radius 3 is 2.31 bits per heavy atom. The Kier molecular flexibility index (Phi) is 5.18. The number of thioether (sulfide) groups is 1. The van der Waals surface area contributed by atoms with E-state index >= 15 is 0 Å². The fourth-order valence-corrected chi connectivity index (χ4v) is 3.06. The standard InChI is InChI=1S/C19H15F3N2OS/c1-26-18-23-16(13-5-3-2-4-6-13)11-24(18)12-17(25)14-7-9-15(10-8-14)19(20,21)22/h2-11H,12H2,1H3. The van der Waals surface area contributed by atoms with Gasteiger partial charge in [-0.05, 0) is 18.4 Å². The van der Waals surface area contributed by atoms with Crippen molar-refractivity contribution >= 4 is 17.5 Å². The number of halogens is 3. The number of aromatic nitrogens is 2. The van der Waals surface area contributed by atoms with E-state index < -0.39 is 11.7 Å². The first-order valence-corrected chi connectivity index (χ1v) is 8.98. The summed E-state index contributed by atoms with van der Waals surface area (Å²) in [4.78, 5) is 17.0. The zero-order chi connectivity index (χ0) is 18.7. The number of benzene rings is 2. The van der Waals surface area contributed by atoms with Crippen LogP contribution >= 0.6 is 11.8 Å². The van der Waals surface area contributed by atoms with E-state index in [4.69, 9.17) is 0 Å². The van der Waals surface area contributed by atoms with Gasteiger partial charge in [-0.15, -0.1) is 0 Å². The molecule has 0 aliphatic heterocycles. The van der Waals surface area contributed by atoms with E-state index in [-0.39, 0.29) is 17.9 Å². The molecule has 0 aliphatic carbocycles. The molecule has 1 heterocycles. The molecule has 0 atom stereocenters. The number of alkyl halides is 3. The first-order chi connectivity index (χ1) is 12.4. The van der Waals surface area contributed by atoms with E-state index in [0.29, 0.717) is 5.16 Å². The maximum absolute atomic E-state index is 12.6. The number of nitrogens with zero attached hydrogens (tertiary/aromatic N) is 2. The van der Waals surface area contributed by atoms with Crippen LogP contribution in [-0.4, -0.2) is 21.6 Å². The molecule has 134 valence electrons. The fraction of sp³-hybridized carbons (Fsp3) is 0.158. The predicted molar refractivity (Wildman–Crippen MR) is 95.2 cm³/mol. The topological polar surface area (TPSA) is 34.9 Å². The largest absolute Gasteiger partial charge is 0.416 e. The predicted octanol–water partition coefficient (Wildman–Crippen LogP) is 5.17. The van der Waals surface area contributed by atoms with Gasteiger partial charge >= 0.3 is 6.18 Å². The first kappa shape index (κ1) is 18.3. The number of ketones is 1. The minimum atomic E-state index is -4.41. The van der Waals surface area contributed by atoms with E-state index in [9.17, 15) is 18.0 Å². The van der Waals surface area contributed by atoms with Crippen molar-refractivity contribution in [1.82, 2.24) is 9.55 Å². The number of imidazole rings is 1. The number of rotatable bonds is 5. The Labute approximate surface area is 152 Å². The highest BCUT2D eigenvalue weighted by Crippen LogP contribution is 2.29. The highest BCUT2D eigenvalue weighted by Gasteiger charge is 2.30. The summed E-state index contributed by atoms with van der Waals surface area (Å²) in [5, 5.41) is 0.670. The van der Waals surface area contributed by atoms with Crippen LogP contribution in [0.3, 0.4) is 0 Å². The van der Waals surface area contributed by atoms with Gasteiger partial charge in [-0.1, -0.05) is 54.2 Å². The lowest BCUT2D eigenvalue weighted by Gasteiger charge is -2.08. The molecule has 0 unspecified atom stereocenters. The maximum atomic E-state index is 12.6. The number of carbonyl (C=O) groups is 1. The Morgan fingerprint density at radius 1 is 1.08 bits per heavy atom. The van der Waals surface area contributed by atoms with Crippen molar-refractivity contribution in [2.75, 3.05) is 6.26 Å². The number of carbonyl (C=O) groups excluding carboxylic acids is 1. The third kappa shape index (κ3) is 3.99. The molecule has 0 amide bonds. The minimum Gasteiger partial charge on any atom is -0.318 e. The molecule has 3 aromatic rings. The van der Waals surface area contributed by atoms with Crippen LogP contribution in [-0.2, 0) is 12.7 Å². The quantitative estimate of drug-likeness (QED) is 0.455. The lowest BCUT2D eigenvalue weighted by Crippen LogP contribution is -2.11. The summed E-state index contributed by atoms with van der Waals surface area (Å²) in [6.07, 6.45) is -0.776. The van der Waals surface area contributed by atoms with Gasteiger partial charge in [0.2, 0.25) is 0 Å². The molecule has 0 saturated carbocycles. The van der Waals surface area contributed by atoms with Gasteiger partial charge in [-0.3, -0.25) is 4.79 Å². The van der Waals surface area contributed by atoms with Gasteiger partial charge in [0.25, 0.3) is 0 Å². The average Bonchev–Trinajstić information content (AvgIpc) is 3.04. The van der Waals surface area contributed by atoms with Crippen molar-refractivity contribution in [3.63, 3.8) is 0 Å². The van der Waals surface area contributed by atoms with E-state index in [2.05, 4.69) is 4.98 Å². The Balaban J connectivity index is 1.82. The number of Topliss-reactive ketones (excluding diaryl/α,β-unsaturated/α-hetero) is 1. The monoisotopic (exact) mass is 376 g/mol. The van der Waals surface area contributed by atoms with Crippen molar-refractivity contribution in [1.29, 1.82) is 0 Å². The summed E-state index contributed by atoms with van der Waals surface area (Å²) < 4.78 is 39.6. The van der Waals surface area contributed by atoms with Gasteiger partial charge < -0.3 is 4.57 Å². The second-order valence-corrected chi connectivity index (χ2v) is 6.38. The molecule has 7 heteroatoms. The van der Waals surface area contributed by atoms with Gasteiger partial charge in [0.05, 0.1) is 17.8 Å². The Bertz CT molecular complexity index is 903. The van der Waals surface area contributed by atoms with Crippen molar-refractivity contribution in [3.8, 4) is 11.3 Å². The smallest absolute Gasteiger partial charge is 0.318 e. The van der Waals surface area contributed by atoms with Crippen molar-refractivity contribution in [2.45, 2.75) is 17.9 Å². The molecule has 0 saturated heterocycles. The van der Waals surface area contributed by atoms with Crippen LogP contribution in [0.4, 0.5) is 13.2 Å². The molecule has 0 radical (unpaired) electrons. The van der Waals surface area contributed by atoms with Gasteiger partial charge in [0.1, 0.15) is 0 Å². The zero-order valence-corrected chi connectivity index (χ0v) is 14.6. The van der Waals surface area contributed by atoms with E-state index in [0.717, 1.165) is 23.4 Å². The first-order valence-electron chi connectivity index (χ1n) is 7.75. The average molecular weight is 376 g/mol. The summed E-state index contributed by atoms with van der Waals surface area (Å²) in [6, 6.07) is 13.8. The molecular formula is C19H15F3N2OS. The normalized spacial score (nSPS) is 11.5. The van der Waals surface area contributed by atoms with Crippen LogP contribution in [0.25, 0.3) is 11.3 Å². The number of hydrogen-bond acceptors (Lipinski definition) is 3. The molecule has 0 fully saturated rings. The molecule has 0 N–H and O–H groups in total. The highest BCUT2D eigenvalue weighted by atomic mass is 32.2. The third-order valence-electron chi connectivity index (χ3n) is 3.84. The summed E-state index contributed by atoms with van der Waals surface area (Å²) in [5.74, 6) is -0.272. The number of hydrogen-bond donors (Lipinski definition) is 0. The molecule has 0 bridgehead atoms. The summed E-state index contributed by atoms with van der Waals surface area (Å²) >= 11 is 1.40. The Hall–Kier alpha value is -2.54. The van der Waals surface area contributed by atoms with Crippen LogP contribution in [0.1, 0.15) is 15.9 Å². The summed E-state index contributed by atoms with van der Waals surface area (Å²) in [6.45, 7) is 0.0152. The zero-order valence-electron chi connectivity index (χ0n) is 13.8.